The molecule has 0 N–H and O–H groups in total. The number of rotatable bonds is 3. The van der Waals surface area contributed by atoms with E-state index in [0.29, 0.717) is 0 Å². The molecule has 1 aliphatic heterocycles. The zero-order valence-electron chi connectivity index (χ0n) is 17.5. The van der Waals surface area contributed by atoms with Gasteiger partial charge in [-0.1, -0.05) is 42.8 Å². The van der Waals surface area contributed by atoms with Crippen LogP contribution in [0.2, 0.25) is 0 Å². The van der Waals surface area contributed by atoms with Gasteiger partial charge in [0.05, 0.1) is 0 Å². The molecule has 1 heterocycles. The van der Waals surface area contributed by atoms with Crippen molar-refractivity contribution in [2.24, 2.45) is 29.6 Å². The predicted octanol–water partition coefficient (Wildman–Crippen LogP) is 6.31. The second kappa shape index (κ2) is 6.54. The van der Waals surface area contributed by atoms with E-state index in [1.54, 1.807) is 16.8 Å². The third-order valence-electron chi connectivity index (χ3n) is 8.88. The normalized spacial score (nSPS) is 37.3. The molecule has 1 heteroatoms. The van der Waals surface area contributed by atoms with Crippen molar-refractivity contribution < 1.29 is 0 Å². The fraction of sp³-hybridized carbons (Fsp3) is 0.615. The second-order valence-corrected chi connectivity index (χ2v) is 10.0. The van der Waals surface area contributed by atoms with Gasteiger partial charge in [-0.3, -0.25) is 0 Å². The molecule has 5 rings (SSSR count). The summed E-state index contributed by atoms with van der Waals surface area (Å²) in [5, 5.41) is 0. The van der Waals surface area contributed by atoms with Crippen LogP contribution in [0.15, 0.2) is 41.1 Å². The number of hydrogen-bond donors (Lipinski definition) is 0. The fourth-order valence-corrected chi connectivity index (χ4v) is 7.21. The lowest BCUT2D eigenvalue weighted by molar-refractivity contribution is 0.110. The van der Waals surface area contributed by atoms with Crippen molar-refractivity contribution in [2.45, 2.75) is 65.3 Å². The van der Waals surface area contributed by atoms with Gasteiger partial charge >= 0.3 is 0 Å². The summed E-state index contributed by atoms with van der Waals surface area (Å²) >= 11 is 0. The van der Waals surface area contributed by atoms with Crippen LogP contribution in [0.3, 0.4) is 0 Å². The zero-order chi connectivity index (χ0) is 18.7. The van der Waals surface area contributed by atoms with Crippen LogP contribution in [0, 0.1) is 29.6 Å². The van der Waals surface area contributed by atoms with E-state index in [1.807, 2.05) is 0 Å². The Kier molecular flexibility index (Phi) is 4.26. The summed E-state index contributed by atoms with van der Waals surface area (Å²) in [4.78, 5) is 2.62. The van der Waals surface area contributed by atoms with Crippen LogP contribution in [-0.4, -0.2) is 18.0 Å². The summed E-state index contributed by atoms with van der Waals surface area (Å²) < 4.78 is 0. The Hall–Kier alpha value is -1.50. The van der Waals surface area contributed by atoms with Crippen LogP contribution in [0.25, 0.3) is 6.08 Å². The van der Waals surface area contributed by atoms with Crippen LogP contribution in [0.5, 0.6) is 0 Å². The Morgan fingerprint density at radius 1 is 1.07 bits per heavy atom. The first-order valence-electron chi connectivity index (χ1n) is 11.2. The number of fused-ring (bicyclic) bond motifs is 3. The molecule has 1 aromatic carbocycles. The standard InChI is InChI=1S/C26H35N/c1-16-11-22-14-24-17(2)18(3)27(4)26(24)15-25(22)23(16)10-9-19-12-20-7-5-6-8-21(20)13-19/h5-8,12,16,22-26H,9-11,13-15H2,1-4H3. The van der Waals surface area contributed by atoms with Gasteiger partial charge in [0.25, 0.3) is 0 Å². The molecule has 3 aliphatic carbocycles. The van der Waals surface area contributed by atoms with Gasteiger partial charge in [0.2, 0.25) is 0 Å². The smallest absolute Gasteiger partial charge is 0.0352 e. The summed E-state index contributed by atoms with van der Waals surface area (Å²) in [5.74, 6) is 4.64. The van der Waals surface area contributed by atoms with Gasteiger partial charge in [-0.15, -0.1) is 0 Å². The van der Waals surface area contributed by atoms with Crippen LogP contribution in [-0.2, 0) is 6.42 Å². The summed E-state index contributed by atoms with van der Waals surface area (Å²) in [6.07, 6.45) is 10.8. The Bertz CT molecular complexity index is 800. The van der Waals surface area contributed by atoms with Gasteiger partial charge in [-0.2, -0.15) is 0 Å². The summed E-state index contributed by atoms with van der Waals surface area (Å²) in [6, 6.07) is 9.74. The molecule has 0 radical (unpaired) electrons. The third kappa shape index (κ3) is 2.80. The molecular weight excluding hydrogens is 326 g/mol. The van der Waals surface area contributed by atoms with Crippen LogP contribution < -0.4 is 0 Å². The minimum absolute atomic E-state index is 0.786. The van der Waals surface area contributed by atoms with E-state index in [1.165, 1.54) is 49.7 Å². The lowest BCUT2D eigenvalue weighted by atomic mass is 9.69. The quantitative estimate of drug-likeness (QED) is 0.609. The minimum Gasteiger partial charge on any atom is -0.375 e. The van der Waals surface area contributed by atoms with E-state index >= 15 is 0 Å². The van der Waals surface area contributed by atoms with Crippen molar-refractivity contribution in [2.75, 3.05) is 7.05 Å². The predicted molar refractivity (Wildman–Crippen MR) is 114 cm³/mol. The topological polar surface area (TPSA) is 3.24 Å². The Labute approximate surface area is 165 Å². The Morgan fingerprint density at radius 3 is 2.70 bits per heavy atom. The molecule has 4 aliphatic rings. The molecule has 144 valence electrons. The second-order valence-electron chi connectivity index (χ2n) is 10.0. The summed E-state index contributed by atoms with van der Waals surface area (Å²) in [5.41, 5.74) is 7.92. The molecule has 6 unspecified atom stereocenters. The van der Waals surface area contributed by atoms with Crippen LogP contribution in [0.4, 0.5) is 0 Å². The first-order chi connectivity index (χ1) is 13.0. The van der Waals surface area contributed by atoms with E-state index in [-0.39, 0.29) is 0 Å². The van der Waals surface area contributed by atoms with Crippen molar-refractivity contribution in [1.29, 1.82) is 0 Å². The maximum absolute atomic E-state index is 2.62. The van der Waals surface area contributed by atoms with Gasteiger partial charge in [-0.25, -0.2) is 0 Å². The number of hydrogen-bond acceptors (Lipinski definition) is 1. The third-order valence-corrected chi connectivity index (χ3v) is 8.88. The van der Waals surface area contributed by atoms with Crippen LogP contribution in [0.1, 0.15) is 64.0 Å². The highest BCUT2D eigenvalue weighted by atomic mass is 15.2. The highest BCUT2D eigenvalue weighted by molar-refractivity contribution is 5.63. The molecule has 27 heavy (non-hydrogen) atoms. The SMILES string of the molecule is CC1=C(C)N(C)C2CC3C(CC(C)C3CCC3=Cc4ccccc4C3)CC12. The van der Waals surface area contributed by atoms with E-state index in [2.05, 4.69) is 63.1 Å². The molecule has 0 saturated heterocycles. The average Bonchev–Trinajstić information content (AvgIpc) is 3.28. The van der Waals surface area contributed by atoms with Crippen molar-refractivity contribution >= 4 is 6.08 Å². The number of benzene rings is 1. The van der Waals surface area contributed by atoms with Gasteiger partial charge in [-0.05, 0) is 92.7 Å². The minimum atomic E-state index is 0.786. The first kappa shape index (κ1) is 17.6. The highest BCUT2D eigenvalue weighted by Gasteiger charge is 2.50. The number of allylic oxidation sites excluding steroid dienone is 2. The van der Waals surface area contributed by atoms with Gasteiger partial charge in [0.1, 0.15) is 0 Å². The lowest BCUT2D eigenvalue weighted by Gasteiger charge is -2.41. The summed E-state index contributed by atoms with van der Waals surface area (Å²) in [7, 11) is 2.35. The van der Waals surface area contributed by atoms with Crippen molar-refractivity contribution in [3.63, 3.8) is 0 Å². The van der Waals surface area contributed by atoms with Gasteiger partial charge in [0.15, 0.2) is 0 Å². The largest absolute Gasteiger partial charge is 0.375 e. The van der Waals surface area contributed by atoms with Crippen molar-refractivity contribution in [3.05, 3.63) is 52.2 Å². The maximum Gasteiger partial charge on any atom is 0.0352 e. The molecule has 6 atom stereocenters. The maximum atomic E-state index is 2.62. The van der Waals surface area contributed by atoms with E-state index in [0.717, 1.165) is 35.6 Å². The van der Waals surface area contributed by atoms with Crippen molar-refractivity contribution in [3.8, 4) is 0 Å². The molecule has 2 fully saturated rings. The molecule has 0 aromatic heterocycles. The van der Waals surface area contributed by atoms with Crippen molar-refractivity contribution in [1.82, 2.24) is 4.90 Å². The molecule has 0 amide bonds. The highest BCUT2D eigenvalue weighted by Crippen LogP contribution is 2.56. The van der Waals surface area contributed by atoms with Gasteiger partial charge < -0.3 is 4.90 Å². The monoisotopic (exact) mass is 361 g/mol. The number of nitrogens with zero attached hydrogens (tertiary/aromatic N) is 1. The molecule has 1 aromatic rings. The van der Waals surface area contributed by atoms with E-state index in [4.69, 9.17) is 0 Å². The average molecular weight is 362 g/mol. The van der Waals surface area contributed by atoms with E-state index in [9.17, 15) is 0 Å². The fourth-order valence-electron chi connectivity index (χ4n) is 7.21. The lowest BCUT2D eigenvalue weighted by Crippen LogP contribution is -2.40. The molecular formula is C26H35N. The molecule has 1 nitrogen and oxygen atoms in total. The molecule has 0 spiro atoms. The Balaban J connectivity index is 1.27. The zero-order valence-corrected chi connectivity index (χ0v) is 17.5. The van der Waals surface area contributed by atoms with Crippen LogP contribution >= 0.6 is 0 Å². The van der Waals surface area contributed by atoms with Gasteiger partial charge in [0, 0.05) is 24.7 Å². The Morgan fingerprint density at radius 2 is 1.89 bits per heavy atom. The molecule has 0 bridgehead atoms. The van der Waals surface area contributed by atoms with E-state index < -0.39 is 0 Å². The molecule has 2 saturated carbocycles. The summed E-state index contributed by atoms with van der Waals surface area (Å²) in [6.45, 7) is 7.29. The first-order valence-corrected chi connectivity index (χ1v) is 11.2.